The van der Waals surface area contributed by atoms with E-state index in [1.807, 2.05) is 6.07 Å². The summed E-state index contributed by atoms with van der Waals surface area (Å²) >= 11 is 6.22. The van der Waals surface area contributed by atoms with E-state index in [1.165, 1.54) is 24.3 Å². The predicted molar refractivity (Wildman–Crippen MR) is 118 cm³/mol. The van der Waals surface area contributed by atoms with Crippen molar-refractivity contribution in [3.05, 3.63) is 102 Å². The van der Waals surface area contributed by atoms with E-state index in [2.05, 4.69) is 16.9 Å². The van der Waals surface area contributed by atoms with Gasteiger partial charge in [0.05, 0.1) is 34.4 Å². The van der Waals surface area contributed by atoms with Gasteiger partial charge in [-0.05, 0) is 42.5 Å². The zero-order chi connectivity index (χ0) is 21.6. The molecule has 0 aliphatic rings. The Bertz CT molecular complexity index is 1150. The van der Waals surface area contributed by atoms with E-state index in [1.54, 1.807) is 48.7 Å². The molecule has 0 radical (unpaired) electrons. The second-order valence-electron chi connectivity index (χ2n) is 6.31. The lowest BCUT2D eigenvalue weighted by molar-refractivity contribution is 0.0950. The summed E-state index contributed by atoms with van der Waals surface area (Å²) in [6.45, 7) is 3.91. The first-order valence-corrected chi connectivity index (χ1v) is 10.9. The molecule has 0 aliphatic carbocycles. The molecule has 154 valence electrons. The lowest BCUT2D eigenvalue weighted by Gasteiger charge is -2.24. The van der Waals surface area contributed by atoms with Gasteiger partial charge in [0.15, 0.2) is 0 Å². The zero-order valence-corrected chi connectivity index (χ0v) is 17.6. The normalized spacial score (nSPS) is 11.0. The van der Waals surface area contributed by atoms with Gasteiger partial charge in [0.25, 0.3) is 15.9 Å². The van der Waals surface area contributed by atoms with E-state index < -0.39 is 15.9 Å². The molecule has 0 saturated carbocycles. The van der Waals surface area contributed by atoms with Crippen molar-refractivity contribution in [2.24, 2.45) is 0 Å². The molecule has 0 bridgehead atoms. The molecule has 1 heterocycles. The number of hydrogen-bond acceptors (Lipinski definition) is 4. The van der Waals surface area contributed by atoms with Crippen LogP contribution in [0.5, 0.6) is 0 Å². The van der Waals surface area contributed by atoms with Crippen LogP contribution in [-0.4, -0.2) is 25.9 Å². The fraction of sp³-hybridized carbons (Fsp3) is 0.0909. The molecule has 3 rings (SSSR count). The van der Waals surface area contributed by atoms with Crippen molar-refractivity contribution in [2.75, 3.05) is 10.8 Å². The minimum atomic E-state index is -3.98. The molecule has 1 amide bonds. The lowest BCUT2D eigenvalue weighted by atomic mass is 10.2. The molecule has 1 N–H and O–H groups in total. The first-order valence-electron chi connectivity index (χ1n) is 9.10. The van der Waals surface area contributed by atoms with Crippen LogP contribution in [0.4, 0.5) is 5.69 Å². The Morgan fingerprint density at radius 1 is 1.10 bits per heavy atom. The Labute approximate surface area is 180 Å². The summed E-state index contributed by atoms with van der Waals surface area (Å²) in [4.78, 5) is 16.7. The number of amides is 1. The Morgan fingerprint density at radius 3 is 2.57 bits per heavy atom. The van der Waals surface area contributed by atoms with Crippen LogP contribution < -0.4 is 9.62 Å². The van der Waals surface area contributed by atoms with Gasteiger partial charge in [0, 0.05) is 11.8 Å². The summed E-state index contributed by atoms with van der Waals surface area (Å²) < 4.78 is 27.8. The number of anilines is 1. The van der Waals surface area contributed by atoms with Crippen LogP contribution in [0, 0.1) is 0 Å². The molecule has 8 heteroatoms. The van der Waals surface area contributed by atoms with Crippen LogP contribution in [0.25, 0.3) is 0 Å². The number of sulfonamides is 1. The summed E-state index contributed by atoms with van der Waals surface area (Å²) in [6, 6.07) is 17.9. The van der Waals surface area contributed by atoms with E-state index in [0.29, 0.717) is 16.4 Å². The number of benzene rings is 2. The topological polar surface area (TPSA) is 79.4 Å². The van der Waals surface area contributed by atoms with Crippen molar-refractivity contribution in [3.63, 3.8) is 0 Å². The third-order valence-corrected chi connectivity index (χ3v) is 6.35. The summed E-state index contributed by atoms with van der Waals surface area (Å²) in [5.74, 6) is -0.397. The smallest absolute Gasteiger partial charge is 0.264 e. The van der Waals surface area contributed by atoms with Crippen molar-refractivity contribution in [1.29, 1.82) is 0 Å². The van der Waals surface area contributed by atoms with Crippen molar-refractivity contribution >= 4 is 33.2 Å². The van der Waals surface area contributed by atoms with Crippen LogP contribution in [0.15, 0.2) is 90.5 Å². The molecule has 6 nitrogen and oxygen atoms in total. The molecular formula is C22H20ClN3O3S. The maximum absolute atomic E-state index is 13.3. The number of hydrogen-bond donors (Lipinski definition) is 1. The van der Waals surface area contributed by atoms with E-state index in [9.17, 15) is 13.2 Å². The average molecular weight is 442 g/mol. The van der Waals surface area contributed by atoms with E-state index in [4.69, 9.17) is 11.6 Å². The molecule has 2 aromatic carbocycles. The highest BCUT2D eigenvalue weighted by atomic mass is 35.5. The van der Waals surface area contributed by atoms with Crippen molar-refractivity contribution in [1.82, 2.24) is 10.3 Å². The molecule has 0 atom stereocenters. The fourth-order valence-corrected chi connectivity index (χ4v) is 4.59. The van der Waals surface area contributed by atoms with Gasteiger partial charge in [-0.15, -0.1) is 6.58 Å². The molecular weight excluding hydrogens is 422 g/mol. The average Bonchev–Trinajstić information content (AvgIpc) is 2.77. The molecule has 1 aromatic heterocycles. The van der Waals surface area contributed by atoms with Crippen molar-refractivity contribution in [2.45, 2.75) is 11.4 Å². The van der Waals surface area contributed by atoms with Gasteiger partial charge in [-0.3, -0.25) is 14.1 Å². The zero-order valence-electron chi connectivity index (χ0n) is 16.0. The van der Waals surface area contributed by atoms with Gasteiger partial charge < -0.3 is 5.32 Å². The maximum atomic E-state index is 13.3. The number of carbonyl (C=O) groups excluding carboxylic acids is 1. The number of para-hydroxylation sites is 1. The SMILES string of the molecule is C=CCN(c1ccccc1Cl)S(=O)(=O)c1cccc(C(=O)NCc2ccccn2)c1. The molecule has 0 spiro atoms. The fourth-order valence-electron chi connectivity index (χ4n) is 2.80. The number of nitrogens with one attached hydrogen (secondary N) is 1. The lowest BCUT2D eigenvalue weighted by Crippen LogP contribution is -2.31. The molecule has 0 aliphatic heterocycles. The number of rotatable bonds is 8. The number of carbonyl (C=O) groups is 1. The van der Waals surface area contributed by atoms with E-state index >= 15 is 0 Å². The van der Waals surface area contributed by atoms with E-state index in [-0.39, 0.29) is 23.5 Å². The predicted octanol–water partition coefficient (Wildman–Crippen LogP) is 4.05. The highest BCUT2D eigenvalue weighted by molar-refractivity contribution is 7.92. The minimum absolute atomic E-state index is 0.0187. The van der Waals surface area contributed by atoms with Crippen LogP contribution in [0.3, 0.4) is 0 Å². The first kappa shape index (κ1) is 21.5. The molecule has 3 aromatic rings. The highest BCUT2D eigenvalue weighted by Crippen LogP contribution is 2.30. The number of halogens is 1. The molecule has 0 saturated heterocycles. The monoisotopic (exact) mass is 441 g/mol. The second-order valence-corrected chi connectivity index (χ2v) is 8.58. The van der Waals surface area contributed by atoms with Gasteiger partial charge in [-0.2, -0.15) is 0 Å². The van der Waals surface area contributed by atoms with Crippen LogP contribution in [0.1, 0.15) is 16.1 Å². The van der Waals surface area contributed by atoms with Crippen LogP contribution in [0.2, 0.25) is 5.02 Å². The Kier molecular flexibility index (Phi) is 6.87. The molecule has 0 fully saturated rings. The van der Waals surface area contributed by atoms with Crippen molar-refractivity contribution in [3.8, 4) is 0 Å². The Balaban J connectivity index is 1.88. The Morgan fingerprint density at radius 2 is 1.87 bits per heavy atom. The summed E-state index contributed by atoms with van der Waals surface area (Å²) in [6.07, 6.45) is 3.11. The standard InChI is InChI=1S/C22H20ClN3O3S/c1-2-14-26(21-12-4-3-11-20(21)23)30(28,29)19-10-7-8-17(15-19)22(27)25-16-18-9-5-6-13-24-18/h2-13,15H,1,14,16H2,(H,25,27). The van der Waals surface area contributed by atoms with Gasteiger partial charge in [0.2, 0.25) is 0 Å². The van der Waals surface area contributed by atoms with Gasteiger partial charge in [0.1, 0.15) is 0 Å². The molecule has 30 heavy (non-hydrogen) atoms. The highest BCUT2D eigenvalue weighted by Gasteiger charge is 2.26. The minimum Gasteiger partial charge on any atom is -0.346 e. The summed E-state index contributed by atoms with van der Waals surface area (Å²) in [7, 11) is -3.98. The Hall–Kier alpha value is -3.16. The van der Waals surface area contributed by atoms with Gasteiger partial charge in [-0.1, -0.05) is 41.9 Å². The number of pyridine rings is 1. The van der Waals surface area contributed by atoms with Crippen molar-refractivity contribution < 1.29 is 13.2 Å². The number of nitrogens with zero attached hydrogens (tertiary/aromatic N) is 2. The summed E-state index contributed by atoms with van der Waals surface area (Å²) in [5.41, 5.74) is 1.26. The largest absolute Gasteiger partial charge is 0.346 e. The van der Waals surface area contributed by atoms with E-state index in [0.717, 1.165) is 4.31 Å². The van der Waals surface area contributed by atoms with Gasteiger partial charge >= 0.3 is 0 Å². The van der Waals surface area contributed by atoms with Crippen LogP contribution >= 0.6 is 11.6 Å². The number of aromatic nitrogens is 1. The quantitative estimate of drug-likeness (QED) is 0.535. The van der Waals surface area contributed by atoms with Crippen LogP contribution in [-0.2, 0) is 16.6 Å². The van der Waals surface area contributed by atoms with Gasteiger partial charge in [-0.25, -0.2) is 8.42 Å². The summed E-state index contributed by atoms with van der Waals surface area (Å²) in [5, 5.41) is 3.04. The third kappa shape index (κ3) is 4.87. The second kappa shape index (κ2) is 9.56. The molecule has 0 unspecified atom stereocenters. The maximum Gasteiger partial charge on any atom is 0.264 e. The third-order valence-electron chi connectivity index (χ3n) is 4.26. The first-order chi connectivity index (χ1) is 14.4.